The summed E-state index contributed by atoms with van der Waals surface area (Å²) in [6.07, 6.45) is 10.9. The number of nitrogens with zero attached hydrogens (tertiary/aromatic N) is 5. The van der Waals surface area contributed by atoms with Gasteiger partial charge < -0.3 is 10.3 Å². The van der Waals surface area contributed by atoms with Gasteiger partial charge in [-0.3, -0.25) is 15.1 Å². The minimum Gasteiger partial charge on any atom is -0.382 e. The molecule has 8 heteroatoms. The molecule has 6 aromatic rings. The van der Waals surface area contributed by atoms with E-state index in [1.807, 2.05) is 43.0 Å². The van der Waals surface area contributed by atoms with Crippen LogP contribution in [-0.2, 0) is 0 Å². The summed E-state index contributed by atoms with van der Waals surface area (Å²) in [4.78, 5) is 21.2. The van der Waals surface area contributed by atoms with Crippen LogP contribution in [0.15, 0.2) is 73.6 Å². The number of H-pyrrole nitrogens is 2. The molecule has 6 rings (SSSR count). The topological polar surface area (TPSA) is 108 Å². The maximum atomic E-state index is 4.59. The summed E-state index contributed by atoms with van der Waals surface area (Å²) in [5.74, 6) is 0. The van der Waals surface area contributed by atoms with Gasteiger partial charge in [-0.1, -0.05) is 6.07 Å². The zero-order valence-electron chi connectivity index (χ0n) is 18.7. The number of nitrogens with one attached hydrogen (secondary N) is 3. The van der Waals surface area contributed by atoms with Crippen molar-refractivity contribution in [3.8, 4) is 33.6 Å². The molecular weight excluding hydrogens is 424 g/mol. The van der Waals surface area contributed by atoms with Crippen molar-refractivity contribution in [1.29, 1.82) is 0 Å². The van der Waals surface area contributed by atoms with Gasteiger partial charge in [-0.05, 0) is 49.7 Å². The Morgan fingerprint density at radius 2 is 1.71 bits per heavy atom. The molecule has 0 aliphatic rings. The van der Waals surface area contributed by atoms with Gasteiger partial charge in [-0.25, -0.2) is 9.97 Å². The third-order valence-corrected chi connectivity index (χ3v) is 5.71. The van der Waals surface area contributed by atoms with Gasteiger partial charge in [0.2, 0.25) is 0 Å². The van der Waals surface area contributed by atoms with Crippen molar-refractivity contribution in [1.82, 2.24) is 35.1 Å². The lowest BCUT2D eigenvalue weighted by Gasteiger charge is -2.10. The molecule has 6 heterocycles. The van der Waals surface area contributed by atoms with E-state index in [9.17, 15) is 0 Å². The van der Waals surface area contributed by atoms with Crippen molar-refractivity contribution in [3.05, 3.63) is 73.6 Å². The number of aromatic nitrogens is 7. The first-order valence-corrected chi connectivity index (χ1v) is 11.1. The van der Waals surface area contributed by atoms with Gasteiger partial charge in [0.05, 0.1) is 17.1 Å². The predicted molar refractivity (Wildman–Crippen MR) is 134 cm³/mol. The lowest BCUT2D eigenvalue weighted by atomic mass is 10.0. The largest absolute Gasteiger partial charge is 0.382 e. The molecule has 0 fully saturated rings. The second-order valence-electron chi connectivity index (χ2n) is 8.50. The van der Waals surface area contributed by atoms with Crippen molar-refractivity contribution in [3.63, 3.8) is 0 Å². The van der Waals surface area contributed by atoms with E-state index in [4.69, 9.17) is 0 Å². The molecule has 0 spiro atoms. The second-order valence-corrected chi connectivity index (χ2v) is 8.50. The monoisotopic (exact) mass is 446 g/mol. The van der Waals surface area contributed by atoms with Gasteiger partial charge in [0.1, 0.15) is 5.65 Å². The average Bonchev–Trinajstić information content (AvgIpc) is 3.48. The molecular formula is C26H22N8. The summed E-state index contributed by atoms with van der Waals surface area (Å²) in [5.41, 5.74) is 8.28. The van der Waals surface area contributed by atoms with Gasteiger partial charge in [-0.2, -0.15) is 5.10 Å². The van der Waals surface area contributed by atoms with Gasteiger partial charge >= 0.3 is 0 Å². The molecule has 0 aliphatic heterocycles. The first-order valence-electron chi connectivity index (χ1n) is 11.1. The Balaban J connectivity index is 1.45. The molecule has 8 nitrogen and oxygen atoms in total. The first kappa shape index (κ1) is 20.0. The standard InChI is InChI=1S/C26H22N8/c1-15(2)31-19-8-17(12-28-14-19)18-9-22-24(33-34-26(22)30-13-18)23-10-21-20(5-7-29-25(21)32-23)16-4-3-6-27-11-16/h3-15,31H,1-2H3,(H,29,32)(H,30,33,34). The van der Waals surface area contributed by atoms with Gasteiger partial charge in [-0.15, -0.1) is 0 Å². The van der Waals surface area contributed by atoms with Crippen LogP contribution in [0.25, 0.3) is 55.7 Å². The van der Waals surface area contributed by atoms with E-state index >= 15 is 0 Å². The first-order chi connectivity index (χ1) is 16.7. The molecule has 0 atom stereocenters. The highest BCUT2D eigenvalue weighted by atomic mass is 15.2. The summed E-state index contributed by atoms with van der Waals surface area (Å²) in [5, 5.41) is 12.9. The Morgan fingerprint density at radius 1 is 0.824 bits per heavy atom. The molecule has 0 unspecified atom stereocenters. The van der Waals surface area contributed by atoms with Crippen molar-refractivity contribution in [2.45, 2.75) is 19.9 Å². The third kappa shape index (κ3) is 3.55. The number of rotatable bonds is 5. The number of hydrogen-bond donors (Lipinski definition) is 3. The van der Waals surface area contributed by atoms with Crippen LogP contribution in [0.1, 0.15) is 13.8 Å². The Kier molecular flexibility index (Phi) is 4.76. The molecule has 3 N–H and O–H groups in total. The van der Waals surface area contributed by atoms with Crippen LogP contribution >= 0.6 is 0 Å². The lowest BCUT2D eigenvalue weighted by molar-refractivity contribution is 0.898. The van der Waals surface area contributed by atoms with Crippen molar-refractivity contribution >= 4 is 27.8 Å². The molecule has 6 aromatic heterocycles. The Morgan fingerprint density at radius 3 is 2.56 bits per heavy atom. The van der Waals surface area contributed by atoms with E-state index in [1.54, 1.807) is 12.4 Å². The second kappa shape index (κ2) is 8.08. The van der Waals surface area contributed by atoms with Gasteiger partial charge in [0.15, 0.2) is 5.65 Å². The summed E-state index contributed by atoms with van der Waals surface area (Å²) in [6, 6.07) is 12.6. The summed E-state index contributed by atoms with van der Waals surface area (Å²) < 4.78 is 0. The van der Waals surface area contributed by atoms with Crippen LogP contribution in [0, 0.1) is 0 Å². The van der Waals surface area contributed by atoms with Crippen LogP contribution in [0.5, 0.6) is 0 Å². The SMILES string of the molecule is CC(C)Nc1cncc(-c2cnc3n[nH]c(-c4cc5c(-c6cccnc6)ccnc5[nH]4)c3c2)c1. The van der Waals surface area contributed by atoms with E-state index in [1.165, 1.54) is 0 Å². The Hall–Kier alpha value is -4.59. The number of hydrogen-bond acceptors (Lipinski definition) is 6. The fraction of sp³-hybridized carbons (Fsp3) is 0.115. The van der Waals surface area contributed by atoms with Crippen LogP contribution in [0.3, 0.4) is 0 Å². The van der Waals surface area contributed by atoms with Crippen molar-refractivity contribution in [2.24, 2.45) is 0 Å². The summed E-state index contributed by atoms with van der Waals surface area (Å²) >= 11 is 0. The highest BCUT2D eigenvalue weighted by Gasteiger charge is 2.15. The van der Waals surface area contributed by atoms with Gasteiger partial charge in [0.25, 0.3) is 0 Å². The van der Waals surface area contributed by atoms with E-state index < -0.39 is 0 Å². The van der Waals surface area contributed by atoms with E-state index in [0.29, 0.717) is 11.7 Å². The fourth-order valence-electron chi connectivity index (χ4n) is 4.21. The molecule has 166 valence electrons. The smallest absolute Gasteiger partial charge is 0.181 e. The number of anilines is 1. The molecule has 0 aromatic carbocycles. The molecule has 34 heavy (non-hydrogen) atoms. The molecule has 0 aliphatic carbocycles. The molecule has 0 bridgehead atoms. The van der Waals surface area contributed by atoms with Gasteiger partial charge in [0, 0.05) is 70.7 Å². The Bertz CT molecular complexity index is 1610. The number of pyridine rings is 4. The average molecular weight is 447 g/mol. The van der Waals surface area contributed by atoms with E-state index in [0.717, 1.165) is 55.7 Å². The zero-order valence-corrected chi connectivity index (χ0v) is 18.7. The highest BCUT2D eigenvalue weighted by Crippen LogP contribution is 2.34. The minimum atomic E-state index is 0.324. The lowest BCUT2D eigenvalue weighted by Crippen LogP contribution is -2.09. The number of aromatic amines is 2. The minimum absolute atomic E-state index is 0.324. The molecule has 0 saturated carbocycles. The quantitative estimate of drug-likeness (QED) is 0.325. The van der Waals surface area contributed by atoms with Crippen LogP contribution in [0.2, 0.25) is 0 Å². The van der Waals surface area contributed by atoms with Crippen LogP contribution in [0.4, 0.5) is 5.69 Å². The predicted octanol–water partition coefficient (Wildman–Crippen LogP) is 5.45. The maximum absolute atomic E-state index is 4.59. The van der Waals surface area contributed by atoms with Crippen LogP contribution < -0.4 is 5.32 Å². The normalized spacial score (nSPS) is 11.5. The van der Waals surface area contributed by atoms with Crippen molar-refractivity contribution < 1.29 is 0 Å². The molecule has 0 radical (unpaired) electrons. The highest BCUT2D eigenvalue weighted by molar-refractivity contribution is 5.99. The van der Waals surface area contributed by atoms with E-state index in [-0.39, 0.29) is 0 Å². The third-order valence-electron chi connectivity index (χ3n) is 5.71. The summed E-state index contributed by atoms with van der Waals surface area (Å²) in [7, 11) is 0. The summed E-state index contributed by atoms with van der Waals surface area (Å²) in [6.45, 7) is 4.21. The zero-order chi connectivity index (χ0) is 23.1. The number of fused-ring (bicyclic) bond motifs is 2. The maximum Gasteiger partial charge on any atom is 0.181 e. The van der Waals surface area contributed by atoms with E-state index in [2.05, 4.69) is 72.5 Å². The van der Waals surface area contributed by atoms with Crippen molar-refractivity contribution in [2.75, 3.05) is 5.32 Å². The molecule has 0 amide bonds. The van der Waals surface area contributed by atoms with Crippen LogP contribution in [-0.4, -0.2) is 41.2 Å². The fourth-order valence-corrected chi connectivity index (χ4v) is 4.21. The Labute approximate surface area is 195 Å². The molecule has 0 saturated heterocycles.